The van der Waals surface area contributed by atoms with E-state index in [9.17, 15) is 4.79 Å². The van der Waals surface area contributed by atoms with Gasteiger partial charge in [0.05, 0.1) is 25.7 Å². The van der Waals surface area contributed by atoms with Crippen LogP contribution in [0.5, 0.6) is 0 Å². The Morgan fingerprint density at radius 2 is 2.10 bits per heavy atom. The molecule has 0 radical (unpaired) electrons. The second kappa shape index (κ2) is 10.2. The first kappa shape index (κ1) is 21.0. The van der Waals surface area contributed by atoms with Gasteiger partial charge in [-0.25, -0.2) is 4.79 Å². The van der Waals surface area contributed by atoms with Gasteiger partial charge in [-0.05, 0) is 38.3 Å². The van der Waals surface area contributed by atoms with Crippen LogP contribution in [0.25, 0.3) is 0 Å². The summed E-state index contributed by atoms with van der Waals surface area (Å²) in [5.41, 5.74) is 1.05. The Balaban J connectivity index is 1.61. The fraction of sp³-hybridized carbons (Fsp3) is 0.524. The van der Waals surface area contributed by atoms with Crippen molar-refractivity contribution in [3.8, 4) is 0 Å². The zero-order valence-electron chi connectivity index (χ0n) is 17.4. The number of carbonyl (C=O) groups is 1. The molecule has 8 heteroatoms. The molecule has 0 aliphatic carbocycles. The number of urea groups is 1. The number of nitrogens with zero attached hydrogens (tertiary/aromatic N) is 6. The molecule has 2 amide bonds. The summed E-state index contributed by atoms with van der Waals surface area (Å²) in [6.45, 7) is 5.60. The normalized spacial score (nSPS) is 23.1. The second-order valence-electron chi connectivity index (χ2n) is 7.27. The lowest BCUT2D eigenvalue weighted by Gasteiger charge is -2.34. The highest BCUT2D eigenvalue weighted by Crippen LogP contribution is 2.31. The number of hydroxylamine groups is 2. The van der Waals surface area contributed by atoms with Crippen molar-refractivity contribution < 1.29 is 9.63 Å². The number of benzene rings is 1. The number of aliphatic imine (C=N–C) groups is 1. The first-order chi connectivity index (χ1) is 14.1. The maximum atomic E-state index is 13.0. The molecule has 156 valence electrons. The molecule has 2 fully saturated rings. The van der Waals surface area contributed by atoms with E-state index in [1.165, 1.54) is 0 Å². The Kier molecular flexibility index (Phi) is 7.35. The SMILES string of the molecule is C/C=C\C=NC(C)N(C[C@@H]1CC[C@@H]2CN1C(=O)N2OCc1ccccc1)N=NC. The van der Waals surface area contributed by atoms with Crippen molar-refractivity contribution in [1.29, 1.82) is 0 Å². The molecule has 1 aromatic carbocycles. The molecule has 0 aromatic heterocycles. The second-order valence-corrected chi connectivity index (χ2v) is 7.27. The van der Waals surface area contributed by atoms with Crippen LogP contribution in [0.15, 0.2) is 57.8 Å². The molecular formula is C21H30N6O2. The van der Waals surface area contributed by atoms with E-state index in [-0.39, 0.29) is 24.3 Å². The van der Waals surface area contributed by atoms with E-state index in [1.807, 2.05) is 66.2 Å². The zero-order chi connectivity index (χ0) is 20.6. The molecule has 1 unspecified atom stereocenters. The van der Waals surface area contributed by atoms with Crippen LogP contribution in [0.3, 0.4) is 0 Å². The first-order valence-electron chi connectivity index (χ1n) is 10.1. The highest BCUT2D eigenvalue weighted by atomic mass is 16.7. The summed E-state index contributed by atoms with van der Waals surface area (Å²) in [5, 5.41) is 11.6. The summed E-state index contributed by atoms with van der Waals surface area (Å²) in [7, 11) is 1.65. The molecule has 0 saturated carbocycles. The lowest BCUT2D eigenvalue weighted by molar-refractivity contribution is -0.140. The largest absolute Gasteiger partial charge is 0.344 e. The fourth-order valence-corrected chi connectivity index (χ4v) is 3.72. The van der Waals surface area contributed by atoms with Crippen LogP contribution >= 0.6 is 0 Å². The van der Waals surface area contributed by atoms with Crippen molar-refractivity contribution in [2.24, 2.45) is 15.3 Å². The van der Waals surface area contributed by atoms with Crippen molar-refractivity contribution in [2.75, 3.05) is 20.1 Å². The third-order valence-corrected chi connectivity index (χ3v) is 5.27. The van der Waals surface area contributed by atoms with Gasteiger partial charge in [0.25, 0.3) is 0 Å². The number of hydrogen-bond acceptors (Lipinski definition) is 5. The summed E-state index contributed by atoms with van der Waals surface area (Å²) in [6.07, 6.45) is 7.23. The number of amides is 2. The average molecular weight is 399 g/mol. The predicted octanol–water partition coefficient (Wildman–Crippen LogP) is 3.68. The van der Waals surface area contributed by atoms with Gasteiger partial charge in [-0.2, -0.15) is 10.2 Å². The average Bonchev–Trinajstić information content (AvgIpc) is 2.99. The van der Waals surface area contributed by atoms with E-state index in [0.717, 1.165) is 18.4 Å². The number of fused-ring (bicyclic) bond motifs is 2. The molecule has 0 N–H and O–H groups in total. The summed E-state index contributed by atoms with van der Waals surface area (Å²) >= 11 is 0. The maximum absolute atomic E-state index is 13.0. The van der Waals surface area contributed by atoms with Crippen LogP contribution in [0.2, 0.25) is 0 Å². The van der Waals surface area contributed by atoms with Gasteiger partial charge in [0.15, 0.2) is 0 Å². The van der Waals surface area contributed by atoms with E-state index in [1.54, 1.807) is 18.3 Å². The minimum atomic E-state index is -0.157. The highest BCUT2D eigenvalue weighted by molar-refractivity contribution is 5.77. The molecule has 2 heterocycles. The smallest absolute Gasteiger partial charge is 0.316 e. The van der Waals surface area contributed by atoms with E-state index < -0.39 is 0 Å². The van der Waals surface area contributed by atoms with Gasteiger partial charge in [-0.3, -0.25) is 14.8 Å². The van der Waals surface area contributed by atoms with Crippen molar-refractivity contribution in [1.82, 2.24) is 15.0 Å². The highest BCUT2D eigenvalue weighted by Gasteiger charge is 2.46. The Bertz CT molecular complexity index is 751. The van der Waals surface area contributed by atoms with Crippen LogP contribution in [0.1, 0.15) is 32.3 Å². The molecule has 2 aliphatic rings. The molecule has 1 aromatic rings. The minimum absolute atomic E-state index is 0.0631. The van der Waals surface area contributed by atoms with E-state index in [4.69, 9.17) is 4.84 Å². The zero-order valence-corrected chi connectivity index (χ0v) is 17.4. The summed E-state index contributed by atoms with van der Waals surface area (Å²) in [4.78, 5) is 25.2. The maximum Gasteiger partial charge on any atom is 0.344 e. The first-order valence-corrected chi connectivity index (χ1v) is 10.1. The third-order valence-electron chi connectivity index (χ3n) is 5.27. The molecule has 0 spiro atoms. The molecule has 2 saturated heterocycles. The summed E-state index contributed by atoms with van der Waals surface area (Å²) in [5.74, 6) is 0. The van der Waals surface area contributed by atoms with Crippen molar-refractivity contribution in [3.63, 3.8) is 0 Å². The predicted molar refractivity (Wildman–Crippen MR) is 112 cm³/mol. The van der Waals surface area contributed by atoms with Gasteiger partial charge in [0.1, 0.15) is 12.8 Å². The standard InChI is InChI=1S/C21H30N6O2/c1-4-5-13-23-17(2)26(24-22-3)15-19-11-12-20-14-25(19)21(28)27(20)29-16-18-9-7-6-8-10-18/h4-10,13,17,19-20H,11-12,14-16H2,1-3H3/b5-4-,23-13?,24-22?/t17?,19-,20+/m0/s1. The van der Waals surface area contributed by atoms with E-state index >= 15 is 0 Å². The molecule has 8 nitrogen and oxygen atoms in total. The van der Waals surface area contributed by atoms with Crippen LogP contribution in [0, 0.1) is 0 Å². The fourth-order valence-electron chi connectivity index (χ4n) is 3.72. The number of hydrogen-bond donors (Lipinski definition) is 0. The lowest BCUT2D eigenvalue weighted by atomic mass is 10.0. The number of piperidine rings is 1. The van der Waals surface area contributed by atoms with Crippen LogP contribution < -0.4 is 0 Å². The molecular weight excluding hydrogens is 368 g/mol. The van der Waals surface area contributed by atoms with Gasteiger partial charge >= 0.3 is 6.03 Å². The van der Waals surface area contributed by atoms with Gasteiger partial charge in [0, 0.05) is 12.8 Å². The van der Waals surface area contributed by atoms with Crippen LogP contribution in [0.4, 0.5) is 4.79 Å². The van der Waals surface area contributed by atoms with E-state index in [2.05, 4.69) is 15.3 Å². The number of allylic oxidation sites excluding steroid dienone is 2. The molecule has 3 rings (SSSR count). The Morgan fingerprint density at radius 1 is 1.31 bits per heavy atom. The van der Waals surface area contributed by atoms with Gasteiger partial charge in [-0.1, -0.05) is 41.6 Å². The third kappa shape index (κ3) is 5.20. The van der Waals surface area contributed by atoms with Gasteiger partial charge in [-0.15, -0.1) is 0 Å². The van der Waals surface area contributed by atoms with Crippen molar-refractivity contribution >= 4 is 12.2 Å². The minimum Gasteiger partial charge on any atom is -0.316 e. The molecule has 2 bridgehead atoms. The molecule has 2 aliphatic heterocycles. The lowest BCUT2D eigenvalue weighted by Crippen LogP contribution is -2.47. The van der Waals surface area contributed by atoms with Crippen molar-refractivity contribution in [2.45, 2.75) is 51.5 Å². The monoisotopic (exact) mass is 398 g/mol. The summed E-state index contributed by atoms with van der Waals surface area (Å²) in [6, 6.07) is 10.0. The summed E-state index contributed by atoms with van der Waals surface area (Å²) < 4.78 is 0. The number of rotatable bonds is 9. The van der Waals surface area contributed by atoms with E-state index in [0.29, 0.717) is 19.7 Å². The van der Waals surface area contributed by atoms with Crippen molar-refractivity contribution in [3.05, 3.63) is 48.0 Å². The topological polar surface area (TPSA) is 73.1 Å². The number of carbonyl (C=O) groups excluding carboxylic acids is 1. The van der Waals surface area contributed by atoms with Gasteiger partial charge in [0.2, 0.25) is 0 Å². The molecule has 29 heavy (non-hydrogen) atoms. The Morgan fingerprint density at radius 3 is 2.83 bits per heavy atom. The van der Waals surface area contributed by atoms with Crippen LogP contribution in [-0.2, 0) is 11.4 Å². The van der Waals surface area contributed by atoms with Crippen LogP contribution in [-0.4, -0.2) is 65.6 Å². The van der Waals surface area contributed by atoms with Gasteiger partial charge < -0.3 is 4.90 Å². The molecule has 3 atom stereocenters. The quantitative estimate of drug-likeness (QED) is 0.362. The Hall–Kier alpha value is -2.74. The Labute approximate surface area is 172 Å².